The van der Waals surface area contributed by atoms with Crippen LogP contribution in [0.1, 0.15) is 42.6 Å². The van der Waals surface area contributed by atoms with Gasteiger partial charge in [-0.15, -0.1) is 11.3 Å². The third-order valence-corrected chi connectivity index (χ3v) is 4.90. The first kappa shape index (κ1) is 15.9. The van der Waals surface area contributed by atoms with E-state index in [4.69, 9.17) is 5.73 Å². The lowest BCUT2D eigenvalue weighted by Crippen LogP contribution is -2.44. The van der Waals surface area contributed by atoms with E-state index in [1.54, 1.807) is 6.20 Å². The first-order valence-corrected chi connectivity index (χ1v) is 8.76. The summed E-state index contributed by atoms with van der Waals surface area (Å²) in [6.45, 7) is 0.374. The van der Waals surface area contributed by atoms with Gasteiger partial charge < -0.3 is 16.4 Å². The predicted molar refractivity (Wildman–Crippen MR) is 88.4 cm³/mol. The van der Waals surface area contributed by atoms with Crippen molar-refractivity contribution in [3.05, 3.63) is 23.5 Å². The molecule has 0 unspecified atom stereocenters. The maximum atomic E-state index is 12.3. The zero-order valence-electron chi connectivity index (χ0n) is 12.8. The summed E-state index contributed by atoms with van der Waals surface area (Å²) < 4.78 is 1.85. The van der Waals surface area contributed by atoms with Crippen LogP contribution in [0.4, 0.5) is 0 Å². The highest BCUT2D eigenvalue weighted by molar-refractivity contribution is 7.15. The van der Waals surface area contributed by atoms with E-state index < -0.39 is 0 Å². The van der Waals surface area contributed by atoms with E-state index >= 15 is 0 Å². The van der Waals surface area contributed by atoms with Crippen LogP contribution in [0.2, 0.25) is 0 Å². The number of amides is 2. The Hall–Kier alpha value is -1.93. The molecule has 2 aromatic heterocycles. The molecule has 0 aromatic carbocycles. The van der Waals surface area contributed by atoms with Gasteiger partial charge in [0, 0.05) is 42.8 Å². The molecular formula is C15H21N5O2S. The minimum absolute atomic E-state index is 0.0121. The molecule has 2 aromatic rings. The normalized spacial score (nSPS) is 21.3. The SMILES string of the molecule is NCCC(=O)NC1CCC(NC(=O)c2cn3ccsc3n2)CC1. The average Bonchev–Trinajstić information content (AvgIpc) is 3.11. The summed E-state index contributed by atoms with van der Waals surface area (Å²) in [5.74, 6) is -0.116. The summed E-state index contributed by atoms with van der Waals surface area (Å²) in [7, 11) is 0. The number of carbonyl (C=O) groups is 2. The van der Waals surface area contributed by atoms with Gasteiger partial charge in [-0.05, 0) is 25.7 Å². The highest BCUT2D eigenvalue weighted by Crippen LogP contribution is 2.19. The molecule has 0 atom stereocenters. The Balaban J connectivity index is 1.47. The topological polar surface area (TPSA) is 102 Å². The summed E-state index contributed by atoms with van der Waals surface area (Å²) in [5, 5.41) is 7.97. The second-order valence-electron chi connectivity index (χ2n) is 5.85. The Morgan fingerprint density at radius 2 is 1.96 bits per heavy atom. The molecule has 0 radical (unpaired) electrons. The number of nitrogens with two attached hydrogens (primary N) is 1. The van der Waals surface area contributed by atoms with E-state index in [1.165, 1.54) is 11.3 Å². The maximum Gasteiger partial charge on any atom is 0.271 e. The first-order chi connectivity index (χ1) is 11.2. The summed E-state index contributed by atoms with van der Waals surface area (Å²) in [6.07, 6.45) is 7.48. The molecule has 4 N–H and O–H groups in total. The molecule has 23 heavy (non-hydrogen) atoms. The molecule has 0 aliphatic heterocycles. The van der Waals surface area contributed by atoms with Gasteiger partial charge in [0.2, 0.25) is 5.91 Å². The number of imidazole rings is 1. The van der Waals surface area contributed by atoms with Crippen LogP contribution >= 0.6 is 11.3 Å². The molecule has 124 valence electrons. The first-order valence-electron chi connectivity index (χ1n) is 7.88. The van der Waals surface area contributed by atoms with Crippen LogP contribution < -0.4 is 16.4 Å². The predicted octanol–water partition coefficient (Wildman–Crippen LogP) is 0.902. The Morgan fingerprint density at radius 1 is 1.26 bits per heavy atom. The lowest BCUT2D eigenvalue weighted by atomic mass is 9.91. The number of fused-ring (bicyclic) bond motifs is 1. The summed E-state index contributed by atoms with van der Waals surface area (Å²) in [5.41, 5.74) is 5.83. The van der Waals surface area contributed by atoms with Crippen LogP contribution in [0.5, 0.6) is 0 Å². The molecule has 0 spiro atoms. The van der Waals surface area contributed by atoms with Gasteiger partial charge in [0.25, 0.3) is 5.91 Å². The van der Waals surface area contributed by atoms with Gasteiger partial charge in [-0.25, -0.2) is 4.98 Å². The van der Waals surface area contributed by atoms with Crippen molar-refractivity contribution in [2.45, 2.75) is 44.2 Å². The number of carbonyl (C=O) groups excluding carboxylic acids is 2. The molecule has 1 aliphatic carbocycles. The van der Waals surface area contributed by atoms with Crippen LogP contribution in [0.25, 0.3) is 4.96 Å². The monoisotopic (exact) mass is 335 g/mol. The van der Waals surface area contributed by atoms with E-state index in [1.807, 2.05) is 16.0 Å². The van der Waals surface area contributed by atoms with E-state index in [-0.39, 0.29) is 23.9 Å². The van der Waals surface area contributed by atoms with E-state index in [2.05, 4.69) is 15.6 Å². The third kappa shape index (κ3) is 3.89. The van der Waals surface area contributed by atoms with Crippen LogP contribution in [-0.4, -0.2) is 39.8 Å². The Kier molecular flexibility index (Phi) is 4.92. The molecule has 8 heteroatoms. The fraction of sp³-hybridized carbons (Fsp3) is 0.533. The molecule has 0 bridgehead atoms. The van der Waals surface area contributed by atoms with Gasteiger partial charge in [-0.2, -0.15) is 0 Å². The molecule has 0 saturated heterocycles. The van der Waals surface area contributed by atoms with Crippen molar-refractivity contribution in [1.82, 2.24) is 20.0 Å². The molecular weight excluding hydrogens is 314 g/mol. The standard InChI is InChI=1S/C15H21N5O2S/c16-6-5-13(21)17-10-1-3-11(4-2-10)18-14(22)12-9-20-7-8-23-15(20)19-12/h7-11H,1-6,16H2,(H,17,21)(H,18,22). The number of nitrogens with one attached hydrogen (secondary N) is 2. The number of aromatic nitrogens is 2. The highest BCUT2D eigenvalue weighted by Gasteiger charge is 2.24. The smallest absolute Gasteiger partial charge is 0.271 e. The summed E-state index contributed by atoms with van der Waals surface area (Å²) in [6, 6.07) is 0.338. The van der Waals surface area contributed by atoms with Crippen molar-refractivity contribution in [2.75, 3.05) is 6.54 Å². The van der Waals surface area contributed by atoms with Gasteiger partial charge in [0.05, 0.1) is 0 Å². The highest BCUT2D eigenvalue weighted by atomic mass is 32.1. The van der Waals surface area contributed by atoms with Gasteiger partial charge in [-0.3, -0.25) is 14.0 Å². The number of hydrogen-bond donors (Lipinski definition) is 3. The Morgan fingerprint density at radius 3 is 2.61 bits per heavy atom. The fourth-order valence-corrected chi connectivity index (χ4v) is 3.61. The van der Waals surface area contributed by atoms with E-state index in [0.717, 1.165) is 30.6 Å². The Bertz CT molecular complexity index is 658. The molecule has 1 saturated carbocycles. The van der Waals surface area contributed by atoms with Crippen molar-refractivity contribution in [2.24, 2.45) is 5.73 Å². The Labute approximate surface area is 138 Å². The van der Waals surface area contributed by atoms with Crippen molar-refractivity contribution in [3.63, 3.8) is 0 Å². The van der Waals surface area contributed by atoms with Crippen LogP contribution in [0.3, 0.4) is 0 Å². The lowest BCUT2D eigenvalue weighted by Gasteiger charge is -2.29. The minimum atomic E-state index is -0.128. The minimum Gasteiger partial charge on any atom is -0.353 e. The maximum absolute atomic E-state index is 12.3. The van der Waals surface area contributed by atoms with Gasteiger partial charge in [0.1, 0.15) is 5.69 Å². The number of hydrogen-bond acceptors (Lipinski definition) is 5. The number of rotatable bonds is 5. The largest absolute Gasteiger partial charge is 0.353 e. The van der Waals surface area contributed by atoms with Crippen molar-refractivity contribution < 1.29 is 9.59 Å². The molecule has 1 aliphatic rings. The average molecular weight is 335 g/mol. The summed E-state index contributed by atoms with van der Waals surface area (Å²) >= 11 is 1.50. The van der Waals surface area contributed by atoms with Crippen molar-refractivity contribution in [3.8, 4) is 0 Å². The second-order valence-corrected chi connectivity index (χ2v) is 6.72. The van der Waals surface area contributed by atoms with Gasteiger partial charge >= 0.3 is 0 Å². The molecule has 7 nitrogen and oxygen atoms in total. The molecule has 1 fully saturated rings. The zero-order chi connectivity index (χ0) is 16.2. The quantitative estimate of drug-likeness (QED) is 0.755. The van der Waals surface area contributed by atoms with E-state index in [0.29, 0.717) is 18.7 Å². The van der Waals surface area contributed by atoms with Crippen molar-refractivity contribution in [1.29, 1.82) is 0 Å². The fourth-order valence-electron chi connectivity index (χ4n) is 2.91. The van der Waals surface area contributed by atoms with Gasteiger partial charge in [-0.1, -0.05) is 0 Å². The van der Waals surface area contributed by atoms with Crippen LogP contribution in [0, 0.1) is 0 Å². The number of nitrogens with zero attached hydrogens (tertiary/aromatic N) is 2. The second kappa shape index (κ2) is 7.10. The van der Waals surface area contributed by atoms with Crippen LogP contribution in [-0.2, 0) is 4.79 Å². The van der Waals surface area contributed by atoms with Gasteiger partial charge in [0.15, 0.2) is 4.96 Å². The molecule has 3 rings (SSSR count). The lowest BCUT2D eigenvalue weighted by molar-refractivity contribution is -0.121. The third-order valence-electron chi connectivity index (χ3n) is 4.12. The van der Waals surface area contributed by atoms with Crippen molar-refractivity contribution >= 4 is 28.1 Å². The molecule has 2 amide bonds. The van der Waals surface area contributed by atoms with E-state index in [9.17, 15) is 9.59 Å². The zero-order valence-corrected chi connectivity index (χ0v) is 13.6. The molecule has 2 heterocycles. The van der Waals surface area contributed by atoms with Crippen LogP contribution in [0.15, 0.2) is 17.8 Å². The summed E-state index contributed by atoms with van der Waals surface area (Å²) in [4.78, 5) is 28.9. The number of thiazole rings is 1.